The first-order valence-electron chi connectivity index (χ1n) is 18.6. The highest BCUT2D eigenvalue weighted by Gasteiger charge is 2.37. The van der Waals surface area contributed by atoms with Crippen LogP contribution in [0.4, 0.5) is 0 Å². The van der Waals surface area contributed by atoms with Gasteiger partial charge in [0, 0.05) is 50.2 Å². The maximum Gasteiger partial charge on any atom is 0.308 e. The Morgan fingerprint density at radius 1 is 1.02 bits per heavy atom. The summed E-state index contributed by atoms with van der Waals surface area (Å²) in [6.45, 7) is 14.0. The second-order valence-corrected chi connectivity index (χ2v) is 16.1. The number of amides is 2. The minimum atomic E-state index is -0.801. The summed E-state index contributed by atoms with van der Waals surface area (Å²) in [6.07, 6.45) is 3.43. The zero-order chi connectivity index (χ0) is 38.7. The summed E-state index contributed by atoms with van der Waals surface area (Å²) in [6, 6.07) is 7.15. The Hall–Kier alpha value is -3.64. The van der Waals surface area contributed by atoms with Gasteiger partial charge >= 0.3 is 11.9 Å². The SMILES string of the molecule is COC(=O)[C@@H](C)C[C@H](Cc1ccc(C)cc1)NC(=O)c1csc([C@@H](C[C@H](C(C)C)N(C)C(=O)[C@@H](CC(=O)[C@H]2CCCCN2C)C(C)C)OC(C)=O)n1. The first-order chi connectivity index (χ1) is 24.5. The van der Waals surface area contributed by atoms with Crippen molar-refractivity contribution < 1.29 is 33.4 Å². The van der Waals surface area contributed by atoms with Gasteiger partial charge in [-0.15, -0.1) is 11.3 Å². The van der Waals surface area contributed by atoms with Crippen molar-refractivity contribution in [2.75, 3.05) is 27.7 Å². The summed E-state index contributed by atoms with van der Waals surface area (Å²) in [4.78, 5) is 74.2. The molecule has 3 rings (SSSR count). The molecule has 11 nitrogen and oxygen atoms in total. The Morgan fingerprint density at radius 3 is 2.27 bits per heavy atom. The lowest BCUT2D eigenvalue weighted by atomic mass is 9.84. The second-order valence-electron chi connectivity index (χ2n) is 15.2. The van der Waals surface area contributed by atoms with Gasteiger partial charge in [0.1, 0.15) is 10.7 Å². The molecular weight excluding hydrogens is 681 g/mol. The number of aryl methyl sites for hydroxylation is 1. The molecular formula is C40H60N4O7S. The van der Waals surface area contributed by atoms with Crippen molar-refractivity contribution in [2.45, 2.75) is 118 Å². The Bertz CT molecular complexity index is 1510. The van der Waals surface area contributed by atoms with E-state index < -0.39 is 29.8 Å². The van der Waals surface area contributed by atoms with Crippen molar-refractivity contribution in [2.24, 2.45) is 23.7 Å². The van der Waals surface area contributed by atoms with E-state index in [1.807, 2.05) is 65.9 Å². The van der Waals surface area contributed by atoms with Gasteiger partial charge in [-0.2, -0.15) is 0 Å². The van der Waals surface area contributed by atoms with E-state index in [1.54, 1.807) is 24.3 Å². The van der Waals surface area contributed by atoms with Gasteiger partial charge < -0.3 is 19.7 Å². The molecule has 0 saturated carbocycles. The number of nitrogens with zero attached hydrogens (tertiary/aromatic N) is 3. The third-order valence-corrected chi connectivity index (χ3v) is 11.2. The molecule has 1 aliphatic heterocycles. The predicted octanol–water partition coefficient (Wildman–Crippen LogP) is 6.18. The van der Waals surface area contributed by atoms with E-state index in [0.717, 1.165) is 36.9 Å². The lowest BCUT2D eigenvalue weighted by Crippen LogP contribution is -2.48. The number of hydrogen-bond donors (Lipinski definition) is 1. The summed E-state index contributed by atoms with van der Waals surface area (Å²) >= 11 is 1.22. The van der Waals surface area contributed by atoms with Crippen LogP contribution < -0.4 is 5.32 Å². The van der Waals surface area contributed by atoms with E-state index in [1.165, 1.54) is 25.4 Å². The molecule has 2 aromatic rings. The molecule has 1 aliphatic rings. The number of methoxy groups -OCH3 is 1. The van der Waals surface area contributed by atoms with Gasteiger partial charge in [-0.05, 0) is 63.6 Å². The fraction of sp³-hybridized carbons (Fsp3) is 0.650. The molecule has 1 fully saturated rings. The number of esters is 2. The number of rotatable bonds is 18. The minimum Gasteiger partial charge on any atom is -0.469 e. The number of piperidine rings is 1. The number of likely N-dealkylation sites (N-methyl/N-ethyl adjacent to an activating group) is 1. The number of nitrogens with one attached hydrogen (secondary N) is 1. The van der Waals surface area contributed by atoms with E-state index in [4.69, 9.17) is 9.47 Å². The van der Waals surface area contributed by atoms with Crippen molar-refractivity contribution >= 4 is 40.9 Å². The van der Waals surface area contributed by atoms with Crippen LogP contribution in [-0.2, 0) is 35.1 Å². The van der Waals surface area contributed by atoms with Gasteiger partial charge in [-0.3, -0.25) is 28.9 Å². The Labute approximate surface area is 314 Å². The third-order valence-electron chi connectivity index (χ3n) is 10.3. The molecule has 2 amide bonds. The second kappa shape index (κ2) is 20.0. The van der Waals surface area contributed by atoms with Gasteiger partial charge in [0.25, 0.3) is 5.91 Å². The number of aromatic nitrogens is 1. The summed E-state index contributed by atoms with van der Waals surface area (Å²) in [5.74, 6) is -2.23. The number of hydrogen-bond acceptors (Lipinski definition) is 10. The Balaban J connectivity index is 1.80. The Morgan fingerprint density at radius 2 is 1.69 bits per heavy atom. The molecule has 0 bridgehead atoms. The van der Waals surface area contributed by atoms with E-state index in [-0.39, 0.29) is 66.2 Å². The number of ether oxygens (including phenoxy) is 2. The van der Waals surface area contributed by atoms with E-state index in [0.29, 0.717) is 17.8 Å². The van der Waals surface area contributed by atoms with Crippen LogP contribution in [0.1, 0.15) is 113 Å². The highest BCUT2D eigenvalue weighted by Crippen LogP contribution is 2.32. The van der Waals surface area contributed by atoms with Crippen LogP contribution in [-0.4, -0.2) is 90.2 Å². The topological polar surface area (TPSA) is 135 Å². The van der Waals surface area contributed by atoms with Crippen LogP contribution in [0.25, 0.3) is 0 Å². The molecule has 6 atom stereocenters. The zero-order valence-corrected chi connectivity index (χ0v) is 33.6. The van der Waals surface area contributed by atoms with Crippen LogP contribution in [0.5, 0.6) is 0 Å². The largest absolute Gasteiger partial charge is 0.469 e. The van der Waals surface area contributed by atoms with Crippen molar-refractivity contribution in [1.82, 2.24) is 20.1 Å². The molecule has 0 aliphatic carbocycles. The highest BCUT2D eigenvalue weighted by molar-refractivity contribution is 7.09. The van der Waals surface area contributed by atoms with Gasteiger partial charge in [0.2, 0.25) is 5.91 Å². The molecule has 12 heteroatoms. The van der Waals surface area contributed by atoms with Gasteiger partial charge in [0.05, 0.1) is 19.1 Å². The highest BCUT2D eigenvalue weighted by atomic mass is 32.1. The van der Waals surface area contributed by atoms with E-state index in [9.17, 15) is 24.0 Å². The number of likely N-dealkylation sites (tertiary alicyclic amines) is 1. The van der Waals surface area contributed by atoms with Crippen LogP contribution in [0.3, 0.4) is 0 Å². The fourth-order valence-corrected chi connectivity index (χ4v) is 7.93. The third kappa shape index (κ3) is 12.2. The predicted molar refractivity (Wildman–Crippen MR) is 203 cm³/mol. The standard InChI is InChI=1S/C40H60N4O7S/c1-24(2)31(21-35(46)33-13-11-12-18-43(33)8)39(48)44(9)34(25(3)4)22-36(51-28(7)45)38-42-32(23-52-38)37(47)41-30(19-27(6)40(49)50-10)20-29-16-14-26(5)15-17-29/h14-17,23-25,27,30-31,33-34,36H,11-13,18-22H2,1-10H3,(H,41,47)/t27-,30+,31-,33+,34+,36+/m0/s1. The summed E-state index contributed by atoms with van der Waals surface area (Å²) in [7, 11) is 5.09. The number of ketones is 1. The number of thiazole rings is 1. The van der Waals surface area contributed by atoms with Crippen LogP contribution in [0, 0.1) is 30.6 Å². The molecule has 1 aromatic carbocycles. The van der Waals surface area contributed by atoms with E-state index in [2.05, 4.69) is 15.2 Å². The molecule has 1 aromatic heterocycles. The van der Waals surface area contributed by atoms with Crippen LogP contribution in [0.15, 0.2) is 29.6 Å². The maximum atomic E-state index is 14.1. The number of carbonyl (C=O) groups is 5. The maximum absolute atomic E-state index is 14.1. The molecule has 0 radical (unpaired) electrons. The average molecular weight is 741 g/mol. The first-order valence-corrected chi connectivity index (χ1v) is 19.5. The van der Waals surface area contributed by atoms with E-state index >= 15 is 0 Å². The molecule has 2 heterocycles. The van der Waals surface area contributed by atoms with Gasteiger partial charge in [-0.1, -0.05) is 70.9 Å². The summed E-state index contributed by atoms with van der Waals surface area (Å²) in [5, 5.41) is 5.14. The summed E-state index contributed by atoms with van der Waals surface area (Å²) in [5.41, 5.74) is 2.32. The summed E-state index contributed by atoms with van der Waals surface area (Å²) < 4.78 is 10.7. The minimum absolute atomic E-state index is 0.0120. The molecule has 0 unspecified atom stereocenters. The smallest absolute Gasteiger partial charge is 0.308 e. The van der Waals surface area contributed by atoms with Crippen molar-refractivity contribution in [3.8, 4) is 0 Å². The van der Waals surface area contributed by atoms with Crippen molar-refractivity contribution in [3.63, 3.8) is 0 Å². The van der Waals surface area contributed by atoms with Crippen LogP contribution in [0.2, 0.25) is 0 Å². The number of carbonyl (C=O) groups excluding carboxylic acids is 5. The Kier molecular flexibility index (Phi) is 16.4. The monoisotopic (exact) mass is 740 g/mol. The quantitative estimate of drug-likeness (QED) is 0.178. The molecule has 52 heavy (non-hydrogen) atoms. The lowest BCUT2D eigenvalue weighted by Gasteiger charge is -2.37. The molecule has 1 saturated heterocycles. The average Bonchev–Trinajstić information content (AvgIpc) is 3.59. The van der Waals surface area contributed by atoms with Crippen molar-refractivity contribution in [3.05, 3.63) is 51.5 Å². The van der Waals surface area contributed by atoms with Crippen LogP contribution >= 0.6 is 11.3 Å². The molecule has 0 spiro atoms. The van der Waals surface area contributed by atoms with Gasteiger partial charge in [-0.25, -0.2) is 4.98 Å². The number of Topliss-reactive ketones (excluding diaryl/α,β-unsaturated/α-hetero) is 1. The lowest BCUT2D eigenvalue weighted by molar-refractivity contribution is -0.149. The molecule has 288 valence electrons. The normalized spacial score (nSPS) is 17.9. The van der Waals surface area contributed by atoms with Gasteiger partial charge in [0.15, 0.2) is 11.9 Å². The zero-order valence-electron chi connectivity index (χ0n) is 32.8. The number of benzene rings is 1. The molecule has 1 N–H and O–H groups in total. The van der Waals surface area contributed by atoms with Crippen molar-refractivity contribution in [1.29, 1.82) is 0 Å². The fourth-order valence-electron chi connectivity index (χ4n) is 7.09. The first kappa shape index (κ1) is 42.8.